The highest BCUT2D eigenvalue weighted by Crippen LogP contribution is 2.33. The molecule has 0 saturated carbocycles. The maximum Gasteiger partial charge on any atom is 0.248 e. The Morgan fingerprint density at radius 1 is 1.13 bits per heavy atom. The summed E-state index contributed by atoms with van der Waals surface area (Å²) in [6.07, 6.45) is 3.82. The van der Waals surface area contributed by atoms with Crippen molar-refractivity contribution in [3.05, 3.63) is 41.1 Å². The van der Waals surface area contributed by atoms with Gasteiger partial charge in [0.1, 0.15) is 12.4 Å². The Balaban J connectivity index is 1.70. The summed E-state index contributed by atoms with van der Waals surface area (Å²) < 4.78 is 38.3. The number of piperidine rings is 1. The van der Waals surface area contributed by atoms with Gasteiger partial charge in [-0.25, -0.2) is 13.8 Å². The molecule has 1 fully saturated rings. The van der Waals surface area contributed by atoms with Crippen LogP contribution in [0.3, 0.4) is 0 Å². The molecule has 7 nitrogen and oxygen atoms in total. The van der Waals surface area contributed by atoms with Gasteiger partial charge in [0.2, 0.25) is 17.7 Å². The van der Waals surface area contributed by atoms with Gasteiger partial charge in [0.05, 0.1) is 17.8 Å². The lowest BCUT2D eigenvalue weighted by Crippen LogP contribution is -2.39. The third-order valence-corrected chi connectivity index (χ3v) is 5.37. The topological polar surface area (TPSA) is 67.8 Å². The fourth-order valence-electron chi connectivity index (χ4n) is 3.78. The van der Waals surface area contributed by atoms with Gasteiger partial charge in [-0.1, -0.05) is 0 Å². The van der Waals surface area contributed by atoms with Gasteiger partial charge in [0, 0.05) is 39.2 Å². The van der Waals surface area contributed by atoms with Crippen molar-refractivity contribution >= 4 is 11.9 Å². The number of nitrogens with zero attached hydrogens (tertiary/aromatic N) is 4. The number of ether oxygens (including phenoxy) is 2. The zero-order chi connectivity index (χ0) is 21.1. The predicted octanol–water partition coefficient (Wildman–Crippen LogP) is 3.07. The molecule has 0 bridgehead atoms. The predicted molar refractivity (Wildman–Crippen MR) is 106 cm³/mol. The van der Waals surface area contributed by atoms with E-state index in [2.05, 4.69) is 9.88 Å². The minimum Gasteiger partial charge on any atom is -0.435 e. The van der Waals surface area contributed by atoms with Crippen molar-refractivity contribution in [3.63, 3.8) is 0 Å². The quantitative estimate of drug-likeness (QED) is 0.744. The Labute approximate surface area is 173 Å². The molecule has 2 aliphatic heterocycles. The Morgan fingerprint density at radius 2 is 1.93 bits per heavy atom. The number of anilines is 1. The maximum atomic E-state index is 14.2. The molecule has 3 heterocycles. The third kappa shape index (κ3) is 4.35. The number of fused-ring (bicyclic) bond motifs is 1. The fourth-order valence-corrected chi connectivity index (χ4v) is 3.78. The number of halogens is 2. The highest BCUT2D eigenvalue weighted by atomic mass is 19.1. The third-order valence-electron chi connectivity index (χ3n) is 5.37. The van der Waals surface area contributed by atoms with Crippen molar-refractivity contribution in [2.24, 2.45) is 0 Å². The van der Waals surface area contributed by atoms with Gasteiger partial charge in [-0.05, 0) is 31.4 Å². The van der Waals surface area contributed by atoms with Gasteiger partial charge >= 0.3 is 0 Å². The van der Waals surface area contributed by atoms with E-state index in [-0.39, 0.29) is 30.7 Å². The van der Waals surface area contributed by atoms with E-state index in [9.17, 15) is 13.6 Å². The standard InChI is InChI=1S/C21H24F2N4O3/c1-29-13-19(28)27-10-7-17-15(12-27)20(30-18-6-5-14(22)11-16(18)23)25-21(24-17)26-8-3-2-4-9-26/h5-6,11H,2-4,7-10,12-13H2,1H3. The highest BCUT2D eigenvalue weighted by Gasteiger charge is 2.28. The van der Waals surface area contributed by atoms with Gasteiger partial charge in [0.25, 0.3) is 0 Å². The van der Waals surface area contributed by atoms with Crippen LogP contribution in [-0.4, -0.2) is 54.1 Å². The first-order chi connectivity index (χ1) is 14.5. The lowest BCUT2D eigenvalue weighted by molar-refractivity contribution is -0.136. The molecule has 0 atom stereocenters. The van der Waals surface area contributed by atoms with E-state index in [0.29, 0.717) is 24.5 Å². The zero-order valence-electron chi connectivity index (χ0n) is 16.9. The second-order valence-corrected chi connectivity index (χ2v) is 7.48. The van der Waals surface area contributed by atoms with Gasteiger partial charge in [-0.3, -0.25) is 4.79 Å². The molecule has 1 amide bonds. The number of methoxy groups -OCH3 is 1. The summed E-state index contributed by atoms with van der Waals surface area (Å²) >= 11 is 0. The fraction of sp³-hybridized carbons (Fsp3) is 0.476. The van der Waals surface area contributed by atoms with E-state index in [4.69, 9.17) is 14.5 Å². The number of rotatable bonds is 5. The molecule has 4 rings (SSSR count). The lowest BCUT2D eigenvalue weighted by atomic mass is 10.1. The molecule has 30 heavy (non-hydrogen) atoms. The van der Waals surface area contributed by atoms with Crippen LogP contribution in [-0.2, 0) is 22.5 Å². The largest absolute Gasteiger partial charge is 0.435 e. The number of hydrogen-bond acceptors (Lipinski definition) is 6. The van der Waals surface area contributed by atoms with Crippen LogP contribution in [0.4, 0.5) is 14.7 Å². The molecule has 1 aromatic carbocycles. The summed E-state index contributed by atoms with van der Waals surface area (Å²) in [7, 11) is 1.47. The maximum absolute atomic E-state index is 14.2. The molecule has 160 valence electrons. The molecule has 2 aliphatic rings. The molecule has 1 saturated heterocycles. The lowest BCUT2D eigenvalue weighted by Gasteiger charge is -2.31. The molecular weight excluding hydrogens is 394 g/mol. The SMILES string of the molecule is COCC(=O)N1CCc2nc(N3CCCCC3)nc(Oc3ccc(F)cc3F)c2C1. The molecule has 0 spiro atoms. The second-order valence-electron chi connectivity index (χ2n) is 7.48. The van der Waals surface area contributed by atoms with Crippen molar-refractivity contribution in [2.75, 3.05) is 38.3 Å². The van der Waals surface area contributed by atoms with Crippen LogP contribution in [0.1, 0.15) is 30.5 Å². The highest BCUT2D eigenvalue weighted by molar-refractivity contribution is 5.77. The first kappa shape index (κ1) is 20.5. The summed E-state index contributed by atoms with van der Waals surface area (Å²) in [4.78, 5) is 25.3. The van der Waals surface area contributed by atoms with Crippen molar-refractivity contribution in [2.45, 2.75) is 32.2 Å². The molecule has 0 aliphatic carbocycles. The van der Waals surface area contributed by atoms with E-state index >= 15 is 0 Å². The molecule has 0 N–H and O–H groups in total. The second kappa shape index (κ2) is 8.91. The summed E-state index contributed by atoms with van der Waals surface area (Å²) in [6.45, 7) is 2.43. The van der Waals surface area contributed by atoms with E-state index in [1.807, 2.05) is 0 Å². The van der Waals surface area contributed by atoms with Gasteiger partial charge < -0.3 is 19.3 Å². The van der Waals surface area contributed by atoms with Crippen LogP contribution in [0.15, 0.2) is 18.2 Å². The van der Waals surface area contributed by atoms with Crippen molar-refractivity contribution in [1.29, 1.82) is 0 Å². The molecule has 1 aromatic heterocycles. The smallest absolute Gasteiger partial charge is 0.248 e. The number of aromatic nitrogens is 2. The van der Waals surface area contributed by atoms with Crippen LogP contribution < -0.4 is 9.64 Å². The Kier molecular flexibility index (Phi) is 6.08. The van der Waals surface area contributed by atoms with E-state index in [1.54, 1.807) is 4.90 Å². The average molecular weight is 418 g/mol. The molecule has 0 unspecified atom stereocenters. The van der Waals surface area contributed by atoms with E-state index in [0.717, 1.165) is 43.8 Å². The van der Waals surface area contributed by atoms with Gasteiger partial charge in [-0.2, -0.15) is 4.98 Å². The number of carbonyl (C=O) groups is 1. The van der Waals surface area contributed by atoms with Crippen molar-refractivity contribution < 1.29 is 23.0 Å². The van der Waals surface area contributed by atoms with Crippen LogP contribution in [0.2, 0.25) is 0 Å². The van der Waals surface area contributed by atoms with E-state index < -0.39 is 11.6 Å². The monoisotopic (exact) mass is 418 g/mol. The van der Waals surface area contributed by atoms with Crippen molar-refractivity contribution in [1.82, 2.24) is 14.9 Å². The summed E-state index contributed by atoms with van der Waals surface area (Å²) in [5, 5.41) is 0. The summed E-state index contributed by atoms with van der Waals surface area (Å²) in [5.41, 5.74) is 1.42. The number of carbonyl (C=O) groups excluding carboxylic acids is 1. The average Bonchev–Trinajstić information content (AvgIpc) is 2.76. The molecular formula is C21H24F2N4O3. The van der Waals surface area contributed by atoms with E-state index in [1.165, 1.54) is 19.6 Å². The first-order valence-electron chi connectivity index (χ1n) is 10.1. The Bertz CT molecular complexity index is 935. The molecule has 9 heteroatoms. The van der Waals surface area contributed by atoms with Crippen LogP contribution >= 0.6 is 0 Å². The first-order valence-corrected chi connectivity index (χ1v) is 10.1. The normalized spacial score (nSPS) is 16.4. The number of benzene rings is 1. The van der Waals surface area contributed by atoms with Gasteiger partial charge in [-0.15, -0.1) is 0 Å². The summed E-state index contributed by atoms with van der Waals surface area (Å²) in [6, 6.07) is 3.13. The van der Waals surface area contributed by atoms with Crippen LogP contribution in [0.25, 0.3) is 0 Å². The zero-order valence-corrected chi connectivity index (χ0v) is 16.9. The van der Waals surface area contributed by atoms with Crippen molar-refractivity contribution in [3.8, 4) is 11.6 Å². The minimum atomic E-state index is -0.815. The molecule has 2 aromatic rings. The van der Waals surface area contributed by atoms with Gasteiger partial charge in [0.15, 0.2) is 11.6 Å². The Hall–Kier alpha value is -2.81. The minimum absolute atomic E-state index is 0.0230. The molecule has 0 radical (unpaired) electrons. The van der Waals surface area contributed by atoms with Crippen LogP contribution in [0, 0.1) is 11.6 Å². The Morgan fingerprint density at radius 3 is 2.67 bits per heavy atom. The summed E-state index contributed by atoms with van der Waals surface area (Å²) in [5.74, 6) is -1.03. The van der Waals surface area contributed by atoms with Crippen LogP contribution in [0.5, 0.6) is 11.6 Å². The number of amides is 1. The number of hydrogen-bond donors (Lipinski definition) is 0.